The van der Waals surface area contributed by atoms with Crippen molar-refractivity contribution in [2.75, 3.05) is 70.6 Å². The molecule has 53 heavy (non-hydrogen) atoms. The van der Waals surface area contributed by atoms with Crippen LogP contribution in [0.25, 0.3) is 0 Å². The molecule has 1 saturated heterocycles. The van der Waals surface area contributed by atoms with Crippen LogP contribution in [0.15, 0.2) is 91.0 Å². The van der Waals surface area contributed by atoms with Crippen molar-refractivity contribution in [2.45, 2.75) is 44.6 Å². The number of hydrogen-bond acceptors (Lipinski definition) is 9. The molecular weight excluding hydrogens is 709 g/mol. The summed E-state index contributed by atoms with van der Waals surface area (Å²) in [7, 11) is 3.20. The first-order valence-corrected chi connectivity index (χ1v) is 21.4. The van der Waals surface area contributed by atoms with Crippen LogP contribution in [0.4, 0.5) is 14.4 Å². The zero-order valence-corrected chi connectivity index (χ0v) is 32.4. The Morgan fingerprint density at radius 1 is 0.642 bits per heavy atom. The summed E-state index contributed by atoms with van der Waals surface area (Å²) in [6.45, 7) is 6.59. The molecule has 2 unspecified atom stereocenters. The van der Waals surface area contributed by atoms with Gasteiger partial charge in [-0.25, -0.2) is 14.4 Å². The van der Waals surface area contributed by atoms with Gasteiger partial charge in [-0.2, -0.15) is 0 Å². The van der Waals surface area contributed by atoms with Crippen LogP contribution in [0.3, 0.4) is 0 Å². The molecule has 1 aliphatic heterocycles. The minimum absolute atomic E-state index is 0.280. The summed E-state index contributed by atoms with van der Waals surface area (Å²) in [6, 6.07) is 31.9. The molecule has 0 radical (unpaired) electrons. The van der Waals surface area contributed by atoms with E-state index in [2.05, 4.69) is 107 Å². The number of ether oxygens (including phenoxy) is 3. The number of benzene rings is 3. The Hall–Kier alpha value is -3.87. The van der Waals surface area contributed by atoms with Crippen molar-refractivity contribution < 1.29 is 28.6 Å². The zero-order valence-electron chi connectivity index (χ0n) is 30.8. The number of hydrogen-bond donors (Lipinski definition) is 2. The van der Waals surface area contributed by atoms with Crippen LogP contribution in [0, 0.1) is 11.8 Å². The number of carbonyl (C=O) groups is 3. The van der Waals surface area contributed by atoms with Gasteiger partial charge in [-0.1, -0.05) is 119 Å². The molecule has 3 amide bonds. The molecule has 5 rings (SSSR count). The number of piperazine rings is 1. The molecule has 286 valence electrons. The predicted molar refractivity (Wildman–Crippen MR) is 213 cm³/mol. The Labute approximate surface area is 322 Å². The van der Waals surface area contributed by atoms with Gasteiger partial charge in [0.15, 0.2) is 0 Å². The van der Waals surface area contributed by atoms with Crippen molar-refractivity contribution in [3.8, 4) is 0 Å². The third kappa shape index (κ3) is 11.8. The smallest absolute Gasteiger partial charge is 0.409 e. The van der Waals surface area contributed by atoms with E-state index in [9.17, 15) is 14.4 Å². The predicted octanol–water partition coefficient (Wildman–Crippen LogP) is 7.78. The van der Waals surface area contributed by atoms with E-state index < -0.39 is 5.54 Å². The number of alkyl carbamates (subject to hydrolysis) is 2. The van der Waals surface area contributed by atoms with Gasteiger partial charge in [-0.05, 0) is 61.1 Å². The van der Waals surface area contributed by atoms with Crippen molar-refractivity contribution in [3.63, 3.8) is 0 Å². The number of rotatable bonds is 16. The highest BCUT2D eigenvalue weighted by Gasteiger charge is 2.43. The molecule has 2 N–H and O–H groups in total. The largest absolute Gasteiger partial charge is 0.450 e. The second-order valence-electron chi connectivity index (χ2n) is 13.4. The maximum Gasteiger partial charge on any atom is 0.409 e. The molecule has 1 aliphatic carbocycles. The first-order chi connectivity index (χ1) is 26.0. The van der Waals surface area contributed by atoms with Crippen LogP contribution in [0.5, 0.6) is 0 Å². The minimum atomic E-state index is -0.497. The van der Waals surface area contributed by atoms with Gasteiger partial charge in [-0.15, -0.1) is 0 Å². The van der Waals surface area contributed by atoms with Crippen LogP contribution in [0.1, 0.15) is 55.7 Å². The van der Waals surface area contributed by atoms with Gasteiger partial charge in [0.25, 0.3) is 0 Å². The average Bonchev–Trinajstić information content (AvgIpc) is 3.44. The maximum atomic E-state index is 13.0. The van der Waals surface area contributed by atoms with Crippen LogP contribution in [0.2, 0.25) is 0 Å². The van der Waals surface area contributed by atoms with Gasteiger partial charge in [0.1, 0.15) is 13.2 Å². The molecule has 3 aromatic rings. The summed E-state index contributed by atoms with van der Waals surface area (Å²) in [5.74, 6) is 2.16. The molecule has 0 bridgehead atoms. The fraction of sp³-hybridized carbons (Fsp3) is 0.488. The quantitative estimate of drug-likeness (QED) is 0.0497. The molecule has 0 aromatic heterocycles. The lowest BCUT2D eigenvalue weighted by Gasteiger charge is -2.48. The molecular formula is C41H54N4O6S2. The lowest BCUT2D eigenvalue weighted by molar-refractivity contribution is 0.0545. The zero-order chi connectivity index (χ0) is 37.1. The van der Waals surface area contributed by atoms with E-state index in [0.29, 0.717) is 82.4 Å². The van der Waals surface area contributed by atoms with Crippen molar-refractivity contribution >= 4 is 39.9 Å². The standard InChI is InChI=1S/C41H54N4O6S2/c1-2-49-38(46)42-31-33-13-12-14-34(22-21-33)32-43-39(47)50-27-29-52-53-30-28-51-40(48)44-23-25-45(26-24-44)41(35-15-6-3-7-16-35,36-17-8-4-9-18-36)37-19-10-5-11-20-37/h3-11,15-20,33-34H,2,12-14,21-32H2,1H3,(H,42,46)(H,43,47). The van der Waals surface area contributed by atoms with Crippen molar-refractivity contribution in [3.05, 3.63) is 108 Å². The Bertz CT molecular complexity index is 1430. The molecule has 0 spiro atoms. The SMILES string of the molecule is CCOC(=O)NCC1CCCC(CNC(=O)OCCSSCCOC(=O)N2CCN(C(c3ccccc3)(c3ccccc3)c3ccccc3)CC2)CC1. The first-order valence-electron chi connectivity index (χ1n) is 18.9. The summed E-state index contributed by atoms with van der Waals surface area (Å²) < 4.78 is 16.0. The number of carbonyl (C=O) groups excluding carboxylic acids is 3. The second kappa shape index (κ2) is 21.7. The lowest BCUT2D eigenvalue weighted by Crippen LogP contribution is -2.57. The maximum absolute atomic E-state index is 13.0. The highest BCUT2D eigenvalue weighted by Crippen LogP contribution is 2.42. The number of amides is 3. The average molecular weight is 763 g/mol. The van der Waals surface area contributed by atoms with Gasteiger partial charge in [0, 0.05) is 50.8 Å². The van der Waals surface area contributed by atoms with E-state index in [1.165, 1.54) is 16.7 Å². The van der Waals surface area contributed by atoms with Crippen molar-refractivity contribution in [1.82, 2.24) is 20.4 Å². The lowest BCUT2D eigenvalue weighted by atomic mass is 9.75. The molecule has 2 atom stereocenters. The second-order valence-corrected chi connectivity index (χ2v) is 16.1. The van der Waals surface area contributed by atoms with E-state index in [1.807, 2.05) is 4.90 Å². The highest BCUT2D eigenvalue weighted by atomic mass is 33.1. The first kappa shape index (κ1) is 40.3. The molecule has 10 nitrogen and oxygen atoms in total. The van der Waals surface area contributed by atoms with E-state index in [1.54, 1.807) is 28.5 Å². The van der Waals surface area contributed by atoms with Gasteiger partial charge >= 0.3 is 18.3 Å². The van der Waals surface area contributed by atoms with E-state index in [-0.39, 0.29) is 18.3 Å². The fourth-order valence-corrected chi connectivity index (χ4v) is 9.06. The van der Waals surface area contributed by atoms with Crippen molar-refractivity contribution in [2.24, 2.45) is 11.8 Å². The fourth-order valence-electron chi connectivity index (χ4n) is 7.40. The molecule has 1 heterocycles. The van der Waals surface area contributed by atoms with Gasteiger partial charge < -0.3 is 29.7 Å². The molecule has 2 aliphatic rings. The van der Waals surface area contributed by atoms with Crippen molar-refractivity contribution in [1.29, 1.82) is 0 Å². The monoisotopic (exact) mass is 762 g/mol. The third-order valence-electron chi connectivity index (χ3n) is 10.0. The minimum Gasteiger partial charge on any atom is -0.450 e. The summed E-state index contributed by atoms with van der Waals surface area (Å²) in [5.41, 5.74) is 3.09. The normalized spacial score (nSPS) is 18.0. The van der Waals surface area contributed by atoms with E-state index >= 15 is 0 Å². The van der Waals surface area contributed by atoms with Crippen LogP contribution >= 0.6 is 21.6 Å². The molecule has 2 fully saturated rings. The van der Waals surface area contributed by atoms with E-state index in [4.69, 9.17) is 14.2 Å². The van der Waals surface area contributed by atoms with Crippen LogP contribution in [-0.4, -0.2) is 98.7 Å². The Kier molecular flexibility index (Phi) is 16.5. The van der Waals surface area contributed by atoms with Crippen LogP contribution in [-0.2, 0) is 19.7 Å². The molecule has 12 heteroatoms. The Morgan fingerprint density at radius 3 is 1.57 bits per heavy atom. The topological polar surface area (TPSA) is 109 Å². The number of nitrogens with zero attached hydrogens (tertiary/aromatic N) is 2. The van der Waals surface area contributed by atoms with E-state index in [0.717, 1.165) is 32.1 Å². The number of nitrogens with one attached hydrogen (secondary N) is 2. The third-order valence-corrected chi connectivity index (χ3v) is 12.3. The van der Waals surface area contributed by atoms with Gasteiger partial charge in [-0.3, -0.25) is 4.90 Å². The van der Waals surface area contributed by atoms with Gasteiger partial charge in [0.05, 0.1) is 12.1 Å². The highest BCUT2D eigenvalue weighted by molar-refractivity contribution is 8.76. The summed E-state index contributed by atoms with van der Waals surface area (Å²) in [6.07, 6.45) is 4.22. The van der Waals surface area contributed by atoms with Crippen LogP contribution < -0.4 is 10.6 Å². The van der Waals surface area contributed by atoms with Gasteiger partial charge in [0.2, 0.25) is 0 Å². The summed E-state index contributed by atoms with van der Waals surface area (Å²) in [5, 5.41) is 5.77. The molecule has 3 aromatic carbocycles. The summed E-state index contributed by atoms with van der Waals surface area (Å²) in [4.78, 5) is 41.2. The molecule has 1 saturated carbocycles. The Balaban J connectivity index is 0.967. The summed E-state index contributed by atoms with van der Waals surface area (Å²) >= 11 is 0. The Morgan fingerprint density at radius 2 is 1.09 bits per heavy atom.